The molecule has 1 aromatic heterocycles. The third-order valence-corrected chi connectivity index (χ3v) is 6.34. The lowest BCUT2D eigenvalue weighted by molar-refractivity contribution is -0.115. The van der Waals surface area contributed by atoms with E-state index in [1.807, 2.05) is 6.92 Å². The van der Waals surface area contributed by atoms with Crippen LogP contribution >= 0.6 is 46.3 Å². The van der Waals surface area contributed by atoms with Gasteiger partial charge in [0.2, 0.25) is 11.0 Å². The highest BCUT2D eigenvalue weighted by Crippen LogP contribution is 2.33. The van der Waals surface area contributed by atoms with E-state index in [4.69, 9.17) is 23.2 Å². The molecule has 9 heteroatoms. The van der Waals surface area contributed by atoms with Crippen LogP contribution in [0.15, 0.2) is 22.5 Å². The summed E-state index contributed by atoms with van der Waals surface area (Å²) < 4.78 is 0.789. The van der Waals surface area contributed by atoms with Crippen molar-refractivity contribution in [3.05, 3.63) is 28.2 Å². The van der Waals surface area contributed by atoms with Gasteiger partial charge in [-0.05, 0) is 38.0 Å². The Labute approximate surface area is 158 Å². The van der Waals surface area contributed by atoms with Gasteiger partial charge in [0.15, 0.2) is 4.34 Å². The van der Waals surface area contributed by atoms with Crippen molar-refractivity contribution >= 4 is 63.0 Å². The van der Waals surface area contributed by atoms with Crippen LogP contribution in [0.2, 0.25) is 10.0 Å². The topological polar surface area (TPSA) is 58.1 Å². The number of hydrogen-bond donors (Lipinski definition) is 1. The van der Waals surface area contributed by atoms with E-state index in [0.29, 0.717) is 15.7 Å². The molecule has 2 heterocycles. The molecule has 24 heavy (non-hydrogen) atoms. The number of nitrogens with one attached hydrogen (secondary N) is 1. The number of halogens is 2. The SMILES string of the molecule is CC(Sc1nnc(N2CCCC2)s1)C(=O)Nc1cc(Cl)ccc1Cl. The normalized spacial score (nSPS) is 15.5. The Balaban J connectivity index is 1.60. The quantitative estimate of drug-likeness (QED) is 0.742. The van der Waals surface area contributed by atoms with Crippen molar-refractivity contribution in [2.75, 3.05) is 23.3 Å². The number of amides is 1. The minimum atomic E-state index is -0.320. The average Bonchev–Trinajstić information content (AvgIpc) is 3.21. The summed E-state index contributed by atoms with van der Waals surface area (Å²) in [6, 6.07) is 4.97. The van der Waals surface area contributed by atoms with Gasteiger partial charge in [-0.3, -0.25) is 4.79 Å². The van der Waals surface area contributed by atoms with Gasteiger partial charge in [-0.2, -0.15) is 0 Å². The van der Waals surface area contributed by atoms with Crippen LogP contribution in [0.1, 0.15) is 19.8 Å². The molecule has 0 bridgehead atoms. The molecule has 0 aliphatic carbocycles. The minimum absolute atomic E-state index is 0.151. The first-order valence-electron chi connectivity index (χ1n) is 7.54. The minimum Gasteiger partial charge on any atom is -0.347 e. The summed E-state index contributed by atoms with van der Waals surface area (Å²) in [4.78, 5) is 14.6. The molecule has 3 rings (SSSR count). The Bertz CT molecular complexity index is 734. The number of nitrogens with zero attached hydrogens (tertiary/aromatic N) is 3. The Hall–Kier alpha value is -1.02. The molecule has 1 amide bonds. The molecule has 1 aliphatic rings. The Kier molecular flexibility index (Phi) is 5.86. The van der Waals surface area contributed by atoms with Crippen LogP contribution in [0.5, 0.6) is 0 Å². The van der Waals surface area contributed by atoms with Crippen molar-refractivity contribution in [2.45, 2.75) is 29.4 Å². The van der Waals surface area contributed by atoms with Crippen LogP contribution < -0.4 is 10.2 Å². The van der Waals surface area contributed by atoms with Crippen molar-refractivity contribution in [1.29, 1.82) is 0 Å². The fraction of sp³-hybridized carbons (Fsp3) is 0.400. The maximum atomic E-state index is 12.4. The Morgan fingerprint density at radius 2 is 2.08 bits per heavy atom. The summed E-state index contributed by atoms with van der Waals surface area (Å²) in [5.41, 5.74) is 0.511. The summed E-state index contributed by atoms with van der Waals surface area (Å²) in [6.45, 7) is 3.89. The molecule has 1 N–H and O–H groups in total. The molecule has 1 aliphatic heterocycles. The molecule has 1 atom stereocenters. The molecule has 0 spiro atoms. The summed E-state index contributed by atoms with van der Waals surface area (Å²) in [7, 11) is 0. The molecule has 1 fully saturated rings. The van der Waals surface area contributed by atoms with Crippen LogP contribution in [-0.4, -0.2) is 34.4 Å². The van der Waals surface area contributed by atoms with Crippen LogP contribution in [-0.2, 0) is 4.79 Å². The van der Waals surface area contributed by atoms with Crippen molar-refractivity contribution in [3.8, 4) is 0 Å². The van der Waals surface area contributed by atoms with E-state index in [1.165, 1.54) is 35.9 Å². The Morgan fingerprint density at radius 3 is 2.83 bits per heavy atom. The lowest BCUT2D eigenvalue weighted by Crippen LogP contribution is -2.22. The molecule has 0 radical (unpaired) electrons. The van der Waals surface area contributed by atoms with Crippen LogP contribution in [0.25, 0.3) is 0 Å². The maximum Gasteiger partial charge on any atom is 0.237 e. The van der Waals surface area contributed by atoms with Gasteiger partial charge < -0.3 is 10.2 Å². The molecule has 1 saturated heterocycles. The standard InChI is InChI=1S/C15H16Cl2N4OS2/c1-9(13(22)18-12-8-10(16)4-5-11(12)17)23-15-20-19-14(24-15)21-6-2-3-7-21/h4-5,8-9H,2-3,6-7H2,1H3,(H,18,22). The summed E-state index contributed by atoms with van der Waals surface area (Å²) >= 11 is 14.9. The number of aromatic nitrogens is 2. The molecule has 2 aromatic rings. The second-order valence-electron chi connectivity index (χ2n) is 5.42. The lowest BCUT2D eigenvalue weighted by atomic mass is 10.3. The Morgan fingerprint density at radius 1 is 1.33 bits per heavy atom. The third kappa shape index (κ3) is 4.33. The predicted molar refractivity (Wildman–Crippen MR) is 102 cm³/mol. The third-order valence-electron chi connectivity index (χ3n) is 3.61. The van der Waals surface area contributed by atoms with Gasteiger partial charge in [0.1, 0.15) is 0 Å². The molecule has 1 aromatic carbocycles. The van der Waals surface area contributed by atoms with Gasteiger partial charge >= 0.3 is 0 Å². The second kappa shape index (κ2) is 7.91. The second-order valence-corrected chi connectivity index (χ2v) is 8.81. The van der Waals surface area contributed by atoms with Gasteiger partial charge in [-0.25, -0.2) is 0 Å². The van der Waals surface area contributed by atoms with E-state index in [9.17, 15) is 4.79 Å². The number of benzene rings is 1. The van der Waals surface area contributed by atoms with Crippen molar-refractivity contribution < 1.29 is 4.79 Å². The maximum absolute atomic E-state index is 12.4. The summed E-state index contributed by atoms with van der Waals surface area (Å²) in [6.07, 6.45) is 2.39. The summed E-state index contributed by atoms with van der Waals surface area (Å²) in [5, 5.41) is 12.8. The number of carbonyl (C=O) groups is 1. The highest BCUT2D eigenvalue weighted by atomic mass is 35.5. The predicted octanol–water partition coefficient (Wildman–Crippen LogP) is 4.56. The fourth-order valence-corrected chi connectivity index (χ4v) is 4.69. The van der Waals surface area contributed by atoms with Crippen LogP contribution in [0.4, 0.5) is 10.8 Å². The van der Waals surface area contributed by atoms with Gasteiger partial charge in [-0.1, -0.05) is 46.3 Å². The zero-order valence-corrected chi connectivity index (χ0v) is 16.1. The number of thioether (sulfide) groups is 1. The van der Waals surface area contributed by atoms with Gasteiger partial charge in [-0.15, -0.1) is 10.2 Å². The van der Waals surface area contributed by atoms with E-state index < -0.39 is 0 Å². The van der Waals surface area contributed by atoms with E-state index in [1.54, 1.807) is 18.2 Å². The molecule has 5 nitrogen and oxygen atoms in total. The number of carbonyl (C=O) groups excluding carboxylic acids is 1. The molecule has 128 valence electrons. The zero-order chi connectivity index (χ0) is 17.1. The van der Waals surface area contributed by atoms with Gasteiger partial charge in [0.05, 0.1) is 16.0 Å². The first-order valence-corrected chi connectivity index (χ1v) is 9.99. The molecule has 1 unspecified atom stereocenters. The zero-order valence-electron chi connectivity index (χ0n) is 13.0. The highest BCUT2D eigenvalue weighted by Gasteiger charge is 2.21. The van der Waals surface area contributed by atoms with E-state index in [-0.39, 0.29) is 11.2 Å². The number of hydrogen-bond acceptors (Lipinski definition) is 6. The smallest absolute Gasteiger partial charge is 0.237 e. The van der Waals surface area contributed by atoms with Gasteiger partial charge in [0.25, 0.3) is 0 Å². The monoisotopic (exact) mass is 402 g/mol. The summed E-state index contributed by atoms with van der Waals surface area (Å²) in [5.74, 6) is -0.151. The van der Waals surface area contributed by atoms with E-state index >= 15 is 0 Å². The molecule has 0 saturated carbocycles. The van der Waals surface area contributed by atoms with Crippen LogP contribution in [0.3, 0.4) is 0 Å². The molecular weight excluding hydrogens is 387 g/mol. The number of anilines is 2. The van der Waals surface area contributed by atoms with Crippen molar-refractivity contribution in [3.63, 3.8) is 0 Å². The van der Waals surface area contributed by atoms with Crippen molar-refractivity contribution in [2.24, 2.45) is 0 Å². The average molecular weight is 403 g/mol. The lowest BCUT2D eigenvalue weighted by Gasteiger charge is -2.12. The van der Waals surface area contributed by atoms with Crippen molar-refractivity contribution in [1.82, 2.24) is 10.2 Å². The number of rotatable bonds is 5. The van der Waals surface area contributed by atoms with Crippen LogP contribution in [0, 0.1) is 0 Å². The largest absolute Gasteiger partial charge is 0.347 e. The van der Waals surface area contributed by atoms with Gasteiger partial charge in [0, 0.05) is 18.1 Å². The first kappa shape index (κ1) is 17.8. The van der Waals surface area contributed by atoms with E-state index in [2.05, 4.69) is 20.4 Å². The molecular formula is C15H16Cl2N4OS2. The first-order chi connectivity index (χ1) is 11.5. The fourth-order valence-electron chi connectivity index (χ4n) is 2.32. The van der Waals surface area contributed by atoms with E-state index in [0.717, 1.165) is 22.6 Å². The highest BCUT2D eigenvalue weighted by molar-refractivity contribution is 8.02.